The molecule has 198 valence electrons. The Bertz CT molecular complexity index is 1760. The van der Waals surface area contributed by atoms with E-state index in [4.69, 9.17) is 4.98 Å². The van der Waals surface area contributed by atoms with Gasteiger partial charge in [0.05, 0.1) is 24.5 Å². The third kappa shape index (κ3) is 4.30. The van der Waals surface area contributed by atoms with Gasteiger partial charge in [0.2, 0.25) is 5.95 Å². The zero-order chi connectivity index (χ0) is 27.2. The monoisotopic (exact) mass is 531 g/mol. The predicted molar refractivity (Wildman–Crippen MR) is 152 cm³/mol. The van der Waals surface area contributed by atoms with Crippen molar-refractivity contribution < 1.29 is 4.39 Å². The van der Waals surface area contributed by atoms with Gasteiger partial charge in [0.15, 0.2) is 0 Å². The van der Waals surface area contributed by atoms with Crippen molar-refractivity contribution >= 4 is 23.7 Å². The Morgan fingerprint density at radius 1 is 0.975 bits per heavy atom. The number of hydrogen-bond donors (Lipinski definition) is 0. The second-order valence-corrected chi connectivity index (χ2v) is 10.2. The predicted octanol–water partition coefficient (Wildman–Crippen LogP) is 3.98. The minimum absolute atomic E-state index is 0.449. The van der Waals surface area contributed by atoms with Gasteiger partial charge in [-0.05, 0) is 43.5 Å². The molecule has 3 aliphatic heterocycles. The Hall–Kier alpha value is -4.88. The van der Waals surface area contributed by atoms with Gasteiger partial charge in [0.1, 0.15) is 11.5 Å². The molecule has 0 saturated carbocycles. The van der Waals surface area contributed by atoms with Crippen molar-refractivity contribution in [2.24, 2.45) is 12.0 Å². The average molecular weight is 532 g/mol. The number of rotatable bonds is 5. The maximum absolute atomic E-state index is 13.0. The molecule has 8 rings (SSSR count). The zero-order valence-electron chi connectivity index (χ0n) is 21.9. The third-order valence-corrected chi connectivity index (χ3v) is 7.75. The van der Waals surface area contributed by atoms with E-state index >= 15 is 0 Å². The lowest BCUT2D eigenvalue weighted by Crippen LogP contribution is -2.68. The average Bonchev–Trinajstić information content (AvgIpc) is 3.62. The van der Waals surface area contributed by atoms with E-state index in [0.717, 1.165) is 57.9 Å². The SMILES string of the molecule is C=Nc1cnn2cc(-c3cnn(C)c3)cc(-c3ccc(N4CC5CC(C4)N5CC#Cc4ccc(F)nc4)nc3)c12. The van der Waals surface area contributed by atoms with Gasteiger partial charge in [-0.25, -0.2) is 14.5 Å². The molecule has 8 heterocycles. The van der Waals surface area contributed by atoms with Crippen molar-refractivity contribution in [3.8, 4) is 34.1 Å². The van der Waals surface area contributed by atoms with Crippen molar-refractivity contribution in [3.05, 3.63) is 79.0 Å². The van der Waals surface area contributed by atoms with E-state index in [2.05, 4.69) is 66.7 Å². The maximum Gasteiger partial charge on any atom is 0.212 e. The first kappa shape index (κ1) is 24.2. The van der Waals surface area contributed by atoms with E-state index in [9.17, 15) is 4.39 Å². The number of piperazine rings is 1. The first-order chi connectivity index (χ1) is 19.6. The van der Waals surface area contributed by atoms with Gasteiger partial charge in [-0.3, -0.25) is 14.6 Å². The number of pyridine rings is 3. The molecular formula is C30H26FN9. The summed E-state index contributed by atoms with van der Waals surface area (Å²) >= 11 is 0. The number of piperidine rings is 1. The first-order valence-electron chi connectivity index (χ1n) is 13.1. The van der Waals surface area contributed by atoms with Gasteiger partial charge in [0.25, 0.3) is 0 Å². The molecule has 5 aromatic rings. The highest BCUT2D eigenvalue weighted by Crippen LogP contribution is 2.37. The van der Waals surface area contributed by atoms with Gasteiger partial charge in [-0.1, -0.05) is 11.8 Å². The van der Waals surface area contributed by atoms with Gasteiger partial charge in [-0.15, -0.1) is 0 Å². The molecule has 0 aliphatic carbocycles. The van der Waals surface area contributed by atoms with E-state index in [-0.39, 0.29) is 0 Å². The van der Waals surface area contributed by atoms with E-state index in [1.165, 1.54) is 18.7 Å². The number of nitrogens with zero attached hydrogens (tertiary/aromatic N) is 9. The Kier molecular flexibility index (Phi) is 5.86. The van der Waals surface area contributed by atoms with Crippen LogP contribution in [0.5, 0.6) is 0 Å². The van der Waals surface area contributed by atoms with Crippen molar-refractivity contribution in [2.75, 3.05) is 24.5 Å². The summed E-state index contributed by atoms with van der Waals surface area (Å²) in [4.78, 5) is 17.5. The van der Waals surface area contributed by atoms with E-state index < -0.39 is 5.95 Å². The van der Waals surface area contributed by atoms with Crippen LogP contribution in [0.15, 0.2) is 72.5 Å². The highest BCUT2D eigenvalue weighted by atomic mass is 19.1. The van der Waals surface area contributed by atoms with Crippen LogP contribution in [-0.4, -0.2) is 72.7 Å². The molecule has 0 N–H and O–H groups in total. The summed E-state index contributed by atoms with van der Waals surface area (Å²) in [5.41, 5.74) is 6.34. The number of aryl methyl sites for hydroxylation is 1. The fourth-order valence-electron chi connectivity index (χ4n) is 5.72. The van der Waals surface area contributed by atoms with E-state index in [1.54, 1.807) is 16.9 Å². The topological polar surface area (TPSA) is 79.7 Å². The molecule has 2 unspecified atom stereocenters. The summed E-state index contributed by atoms with van der Waals surface area (Å²) in [6.45, 7) is 6.26. The molecule has 9 nitrogen and oxygen atoms in total. The van der Waals surface area contributed by atoms with Gasteiger partial charge in [0, 0.05) is 84.8 Å². The molecule has 0 aromatic carbocycles. The Morgan fingerprint density at radius 2 is 1.85 bits per heavy atom. The standard InChI is InChI=1S/C30H26FN9/c1-32-27-15-36-40-17-22(23-14-35-37(2)16-23)10-26(30(27)40)21-6-8-29(34-13-21)38-18-24-11-25(19-38)39(24)9-3-4-20-5-7-28(31)33-12-20/h5-8,10,12-17,24-25H,1,9,11,18-19H2,2H3. The van der Waals surface area contributed by atoms with Crippen LogP contribution in [0.25, 0.3) is 27.8 Å². The number of fused-ring (bicyclic) bond motifs is 3. The highest BCUT2D eigenvalue weighted by molar-refractivity contribution is 5.91. The van der Waals surface area contributed by atoms with Gasteiger partial charge < -0.3 is 4.90 Å². The number of aliphatic imine (C=N–C) groups is 1. The largest absolute Gasteiger partial charge is 0.353 e. The Balaban J connectivity index is 1.10. The van der Waals surface area contributed by atoms with Crippen LogP contribution in [0, 0.1) is 17.8 Å². The molecule has 3 fully saturated rings. The fourth-order valence-corrected chi connectivity index (χ4v) is 5.72. The second-order valence-electron chi connectivity index (χ2n) is 10.2. The lowest BCUT2D eigenvalue weighted by molar-refractivity contribution is 0.0125. The molecule has 3 aliphatic rings. The summed E-state index contributed by atoms with van der Waals surface area (Å²) in [5.74, 6) is 6.80. The molecule has 2 atom stereocenters. The second kappa shape index (κ2) is 9.70. The minimum atomic E-state index is -0.489. The zero-order valence-corrected chi connectivity index (χ0v) is 21.9. The van der Waals surface area contributed by atoms with E-state index in [1.807, 2.05) is 36.4 Å². The molecule has 0 amide bonds. The van der Waals surface area contributed by atoms with Crippen LogP contribution in [0.3, 0.4) is 0 Å². The van der Waals surface area contributed by atoms with Crippen LogP contribution < -0.4 is 4.90 Å². The van der Waals surface area contributed by atoms with Crippen molar-refractivity contribution in [2.45, 2.75) is 18.5 Å². The van der Waals surface area contributed by atoms with Crippen LogP contribution >= 0.6 is 0 Å². The summed E-state index contributed by atoms with van der Waals surface area (Å²) in [6, 6.07) is 10.2. The molecule has 2 bridgehead atoms. The quantitative estimate of drug-likeness (QED) is 0.194. The Labute approximate surface area is 230 Å². The molecule has 5 aromatic heterocycles. The molecule has 10 heteroatoms. The lowest BCUT2D eigenvalue weighted by atomic mass is 9.87. The number of aromatic nitrogens is 6. The number of halogens is 1. The molecule has 0 radical (unpaired) electrons. The van der Waals surface area contributed by atoms with Crippen LogP contribution in [0.4, 0.5) is 15.9 Å². The molecule has 0 spiro atoms. The molecular weight excluding hydrogens is 505 g/mol. The third-order valence-electron chi connectivity index (χ3n) is 7.75. The number of anilines is 1. The van der Waals surface area contributed by atoms with Crippen LogP contribution in [-0.2, 0) is 7.05 Å². The van der Waals surface area contributed by atoms with Crippen molar-refractivity contribution in [1.29, 1.82) is 0 Å². The van der Waals surface area contributed by atoms with Crippen LogP contribution in [0.2, 0.25) is 0 Å². The number of hydrogen-bond acceptors (Lipinski definition) is 7. The minimum Gasteiger partial charge on any atom is -0.353 e. The van der Waals surface area contributed by atoms with Crippen LogP contribution in [0.1, 0.15) is 12.0 Å². The molecule has 3 saturated heterocycles. The van der Waals surface area contributed by atoms with Gasteiger partial charge in [-0.2, -0.15) is 14.6 Å². The van der Waals surface area contributed by atoms with Gasteiger partial charge >= 0.3 is 0 Å². The first-order valence-corrected chi connectivity index (χ1v) is 13.1. The smallest absolute Gasteiger partial charge is 0.212 e. The fraction of sp³-hybridized carbons (Fsp3) is 0.233. The Morgan fingerprint density at radius 3 is 2.55 bits per heavy atom. The normalized spacial score (nSPS) is 18.3. The molecule has 40 heavy (non-hydrogen) atoms. The highest BCUT2D eigenvalue weighted by Gasteiger charge is 2.44. The lowest BCUT2D eigenvalue weighted by Gasteiger charge is -2.56. The van der Waals surface area contributed by atoms with Crippen molar-refractivity contribution in [1.82, 2.24) is 34.3 Å². The summed E-state index contributed by atoms with van der Waals surface area (Å²) in [6.07, 6.45) is 12.1. The van der Waals surface area contributed by atoms with Crippen molar-refractivity contribution in [3.63, 3.8) is 0 Å². The summed E-state index contributed by atoms with van der Waals surface area (Å²) < 4.78 is 16.6. The maximum atomic E-state index is 13.0. The summed E-state index contributed by atoms with van der Waals surface area (Å²) in [5, 5.41) is 8.84. The van der Waals surface area contributed by atoms with E-state index in [0.29, 0.717) is 18.6 Å². The summed E-state index contributed by atoms with van der Waals surface area (Å²) in [7, 11) is 1.90.